The Balaban J connectivity index is 2.74. The fourth-order valence-electron chi connectivity index (χ4n) is 1.17. The van der Waals surface area contributed by atoms with Crippen molar-refractivity contribution in [2.24, 2.45) is 0 Å². The molecule has 0 aromatic carbocycles. The first-order chi connectivity index (χ1) is 6.65. The lowest BCUT2D eigenvalue weighted by molar-refractivity contribution is 0.450. The molecule has 1 fully saturated rings. The third-order valence-electron chi connectivity index (χ3n) is 2.23. The largest absolute Gasteiger partial charge is 0.506 e. The number of halogens is 3. The summed E-state index contributed by atoms with van der Waals surface area (Å²) in [6.07, 6.45) is 0. The summed E-state index contributed by atoms with van der Waals surface area (Å²) in [7, 11) is -2.38. The Labute approximate surface area is 86.6 Å². The van der Waals surface area contributed by atoms with Crippen LogP contribution in [0, 0.1) is 0 Å². The van der Waals surface area contributed by atoms with E-state index in [1.807, 2.05) is 0 Å². The van der Waals surface area contributed by atoms with E-state index in [4.69, 9.17) is 0 Å². The molecule has 0 unspecified atom stereocenters. The van der Waals surface area contributed by atoms with E-state index >= 15 is 0 Å². The minimum Gasteiger partial charge on any atom is -0.445 e. The van der Waals surface area contributed by atoms with Crippen LogP contribution in [0.3, 0.4) is 0 Å². The van der Waals surface area contributed by atoms with Gasteiger partial charge in [0.15, 0.2) is 0 Å². The lowest BCUT2D eigenvalue weighted by atomic mass is 9.80. The van der Waals surface area contributed by atoms with Crippen molar-refractivity contribution in [2.75, 3.05) is 26.7 Å². The van der Waals surface area contributed by atoms with E-state index < -0.39 is 29.2 Å². The van der Waals surface area contributed by atoms with Crippen LogP contribution in [-0.4, -0.2) is 50.7 Å². The zero-order valence-corrected chi connectivity index (χ0v) is 8.98. The Bertz CT molecular complexity index is 367. The summed E-state index contributed by atoms with van der Waals surface area (Å²) in [6, 6.07) is 0. The maximum absolute atomic E-state index is 12.2. The number of nitrogens with zero attached hydrogens (tertiary/aromatic N) is 2. The van der Waals surface area contributed by atoms with Gasteiger partial charge in [-0.1, -0.05) is 0 Å². The van der Waals surface area contributed by atoms with Gasteiger partial charge in [-0.15, -0.1) is 12.1 Å². The van der Waals surface area contributed by atoms with E-state index in [0.717, 1.165) is 8.61 Å². The van der Waals surface area contributed by atoms with Gasteiger partial charge < -0.3 is 12.9 Å². The summed E-state index contributed by atoms with van der Waals surface area (Å²) >= 11 is 0. The molecule has 0 amide bonds. The van der Waals surface area contributed by atoms with Crippen LogP contribution in [0.4, 0.5) is 12.9 Å². The molecule has 0 N–H and O–H groups in total. The van der Waals surface area contributed by atoms with E-state index in [-0.39, 0.29) is 13.1 Å². The van der Waals surface area contributed by atoms with Crippen LogP contribution in [0.5, 0.6) is 0 Å². The molecule has 0 atom stereocenters. The summed E-state index contributed by atoms with van der Waals surface area (Å²) in [6.45, 7) is -2.70. The molecule has 0 spiro atoms. The molecule has 9 heteroatoms. The zero-order valence-electron chi connectivity index (χ0n) is 8.16. The number of likely N-dealkylation sites (N-methyl/N-ethyl adjacent to an activating group) is 1. The van der Waals surface area contributed by atoms with E-state index in [2.05, 4.69) is 6.58 Å². The fraction of sp³-hybridized carbons (Fsp3) is 0.667. The standard InChI is InChI=1S/C6H11BF3N2O2S/c1-6(7(8,9)10)5-12-4-3-11(2)15(12,13)14/h1,3-5H2,2H3/q-1. The highest BCUT2D eigenvalue weighted by atomic mass is 32.2. The molecule has 0 bridgehead atoms. The number of hydrogen-bond acceptors (Lipinski definition) is 2. The highest BCUT2D eigenvalue weighted by Gasteiger charge is 2.36. The second-order valence-electron chi connectivity index (χ2n) is 3.40. The molecule has 0 radical (unpaired) electrons. The summed E-state index contributed by atoms with van der Waals surface area (Å²) in [4.78, 5) is 0. The molecule has 4 nitrogen and oxygen atoms in total. The molecule has 15 heavy (non-hydrogen) atoms. The van der Waals surface area contributed by atoms with Gasteiger partial charge in [0, 0.05) is 26.7 Å². The predicted molar refractivity (Wildman–Crippen MR) is 51.3 cm³/mol. The van der Waals surface area contributed by atoms with Crippen molar-refractivity contribution in [3.8, 4) is 0 Å². The van der Waals surface area contributed by atoms with E-state index in [9.17, 15) is 21.4 Å². The van der Waals surface area contributed by atoms with Crippen LogP contribution in [0.25, 0.3) is 0 Å². The van der Waals surface area contributed by atoms with Crippen LogP contribution in [0.15, 0.2) is 12.1 Å². The third-order valence-corrected chi connectivity index (χ3v) is 4.16. The Hall–Kier alpha value is -0.535. The van der Waals surface area contributed by atoms with E-state index in [0.29, 0.717) is 0 Å². The number of rotatable bonds is 3. The molecule has 1 heterocycles. The summed E-state index contributed by atoms with van der Waals surface area (Å²) in [5.74, 6) is 0. The normalized spacial score (nSPS) is 23.2. The highest BCUT2D eigenvalue weighted by molar-refractivity contribution is 7.87. The third kappa shape index (κ3) is 2.53. The Morgan fingerprint density at radius 1 is 1.40 bits per heavy atom. The van der Waals surface area contributed by atoms with Crippen LogP contribution in [0.2, 0.25) is 0 Å². The van der Waals surface area contributed by atoms with Crippen LogP contribution >= 0.6 is 0 Å². The highest BCUT2D eigenvalue weighted by Crippen LogP contribution is 2.22. The number of hydrogen-bond donors (Lipinski definition) is 0. The van der Waals surface area contributed by atoms with Gasteiger partial charge in [-0.2, -0.15) is 17.0 Å². The van der Waals surface area contributed by atoms with Crippen LogP contribution in [0.1, 0.15) is 0 Å². The molecule has 0 aromatic rings. The molecular formula is C6H11BF3N2O2S-. The van der Waals surface area contributed by atoms with E-state index in [1.54, 1.807) is 0 Å². The van der Waals surface area contributed by atoms with Crippen molar-refractivity contribution in [3.05, 3.63) is 12.1 Å². The van der Waals surface area contributed by atoms with Gasteiger partial charge in [0.05, 0.1) is 0 Å². The maximum atomic E-state index is 12.2. The maximum Gasteiger partial charge on any atom is 0.506 e. The summed E-state index contributed by atoms with van der Waals surface area (Å²) in [5.41, 5.74) is -0.992. The Morgan fingerprint density at radius 2 is 1.93 bits per heavy atom. The molecule has 1 saturated heterocycles. The monoisotopic (exact) mass is 243 g/mol. The predicted octanol–water partition coefficient (Wildman–Crippen LogP) is 0.421. The SMILES string of the molecule is C=C(CN1CCN(C)S1(=O)=O)[B-](F)(F)F. The zero-order chi connectivity index (χ0) is 11.9. The van der Waals surface area contributed by atoms with E-state index in [1.165, 1.54) is 7.05 Å². The molecule has 1 aliphatic rings. The molecule has 0 aliphatic carbocycles. The minimum absolute atomic E-state index is 0.0734. The van der Waals surface area contributed by atoms with Crippen molar-refractivity contribution in [1.29, 1.82) is 0 Å². The fourth-order valence-corrected chi connectivity index (χ4v) is 2.52. The molecule has 1 aliphatic heterocycles. The van der Waals surface area contributed by atoms with Gasteiger partial charge in [-0.25, -0.2) is 0 Å². The van der Waals surface area contributed by atoms with Crippen molar-refractivity contribution >= 4 is 17.2 Å². The topological polar surface area (TPSA) is 40.6 Å². The van der Waals surface area contributed by atoms with Gasteiger partial charge in [0.2, 0.25) is 0 Å². The van der Waals surface area contributed by atoms with Gasteiger partial charge >= 0.3 is 6.98 Å². The first-order valence-electron chi connectivity index (χ1n) is 4.24. The van der Waals surface area contributed by atoms with Gasteiger partial charge in [-0.3, -0.25) is 0 Å². The Kier molecular flexibility index (Phi) is 3.18. The lowest BCUT2D eigenvalue weighted by Crippen LogP contribution is -2.36. The lowest BCUT2D eigenvalue weighted by Gasteiger charge is -2.23. The Morgan fingerprint density at radius 3 is 2.27 bits per heavy atom. The smallest absolute Gasteiger partial charge is 0.445 e. The van der Waals surface area contributed by atoms with Gasteiger partial charge in [-0.05, 0) is 0 Å². The first kappa shape index (κ1) is 12.5. The van der Waals surface area contributed by atoms with Crippen molar-refractivity contribution < 1.29 is 21.4 Å². The molecular weight excluding hydrogens is 232 g/mol. The van der Waals surface area contributed by atoms with Gasteiger partial charge in [0.25, 0.3) is 10.2 Å². The van der Waals surface area contributed by atoms with Crippen LogP contribution in [-0.2, 0) is 10.2 Å². The first-order valence-corrected chi connectivity index (χ1v) is 5.64. The van der Waals surface area contributed by atoms with Crippen molar-refractivity contribution in [2.45, 2.75) is 0 Å². The molecule has 0 saturated carbocycles. The average Bonchev–Trinajstić information content (AvgIpc) is 2.30. The summed E-state index contributed by atoms with van der Waals surface area (Å²) < 4.78 is 61.1. The average molecular weight is 243 g/mol. The summed E-state index contributed by atoms with van der Waals surface area (Å²) in [5, 5.41) is 0. The van der Waals surface area contributed by atoms with Crippen molar-refractivity contribution in [3.63, 3.8) is 0 Å². The second-order valence-corrected chi connectivity index (χ2v) is 5.43. The van der Waals surface area contributed by atoms with Crippen molar-refractivity contribution in [1.82, 2.24) is 8.61 Å². The van der Waals surface area contributed by atoms with Crippen LogP contribution < -0.4 is 0 Å². The van der Waals surface area contributed by atoms with Gasteiger partial charge in [0.1, 0.15) is 0 Å². The molecule has 0 aromatic heterocycles. The second kappa shape index (κ2) is 3.80. The molecule has 88 valence electrons. The molecule has 1 rings (SSSR count). The minimum atomic E-state index is -5.17. The quantitative estimate of drug-likeness (QED) is 0.674.